The highest BCUT2D eigenvalue weighted by atomic mass is 19.1. The van der Waals surface area contributed by atoms with Crippen LogP contribution in [0.4, 0.5) is 4.39 Å². The molecule has 0 radical (unpaired) electrons. The predicted octanol–water partition coefficient (Wildman–Crippen LogP) is 5.01. The standard InChI is InChI=1S/C26H34FN3O3/c1-18(2)30(15-21(31)17-32-19(3)4)16-22-25(20-11-7-6-8-12-20)28-29(5)26(22)33-24-14-10-9-13-23(24)27/h6-14,18-19,21,31H,15-17H2,1-5H3/t21-/m1/s1. The average Bonchev–Trinajstić information content (AvgIpc) is 3.09. The minimum absolute atomic E-state index is 0.0518. The molecule has 178 valence electrons. The van der Waals surface area contributed by atoms with E-state index in [-0.39, 0.29) is 24.5 Å². The van der Waals surface area contributed by atoms with E-state index in [1.807, 2.05) is 44.2 Å². The summed E-state index contributed by atoms with van der Waals surface area (Å²) >= 11 is 0. The second kappa shape index (κ2) is 11.4. The van der Waals surface area contributed by atoms with Crippen LogP contribution >= 0.6 is 0 Å². The summed E-state index contributed by atoms with van der Waals surface area (Å²) in [4.78, 5) is 2.14. The Balaban J connectivity index is 1.97. The van der Waals surface area contributed by atoms with E-state index in [0.29, 0.717) is 19.0 Å². The summed E-state index contributed by atoms with van der Waals surface area (Å²) in [6.45, 7) is 9.20. The van der Waals surface area contributed by atoms with Gasteiger partial charge in [0, 0.05) is 31.7 Å². The quantitative estimate of drug-likeness (QED) is 0.440. The van der Waals surface area contributed by atoms with E-state index in [2.05, 4.69) is 18.7 Å². The Bertz CT molecular complexity index is 1020. The molecule has 0 saturated heterocycles. The lowest BCUT2D eigenvalue weighted by Gasteiger charge is -2.29. The Morgan fingerprint density at radius 1 is 1.03 bits per heavy atom. The SMILES string of the molecule is CC(C)OC[C@H](O)CN(Cc1c(-c2ccccc2)nn(C)c1Oc1ccccc1F)C(C)C. The summed E-state index contributed by atoms with van der Waals surface area (Å²) in [6, 6.07) is 16.3. The van der Waals surface area contributed by atoms with Crippen LogP contribution in [0.1, 0.15) is 33.3 Å². The van der Waals surface area contributed by atoms with Gasteiger partial charge in [0.15, 0.2) is 11.6 Å². The topological polar surface area (TPSA) is 59.8 Å². The van der Waals surface area contributed by atoms with Crippen molar-refractivity contribution in [1.82, 2.24) is 14.7 Å². The van der Waals surface area contributed by atoms with E-state index < -0.39 is 11.9 Å². The van der Waals surface area contributed by atoms with Gasteiger partial charge in [0.05, 0.1) is 24.4 Å². The molecular weight excluding hydrogens is 421 g/mol. The van der Waals surface area contributed by atoms with E-state index >= 15 is 0 Å². The molecule has 1 N–H and O–H groups in total. The van der Waals surface area contributed by atoms with Gasteiger partial charge in [-0.05, 0) is 39.8 Å². The third-order valence-corrected chi connectivity index (χ3v) is 5.34. The van der Waals surface area contributed by atoms with Crippen molar-refractivity contribution in [2.45, 2.75) is 52.5 Å². The van der Waals surface area contributed by atoms with Gasteiger partial charge in [-0.2, -0.15) is 5.10 Å². The number of aliphatic hydroxyl groups excluding tert-OH is 1. The van der Waals surface area contributed by atoms with Crippen LogP contribution in [0, 0.1) is 5.82 Å². The molecule has 0 bridgehead atoms. The maximum atomic E-state index is 14.4. The summed E-state index contributed by atoms with van der Waals surface area (Å²) < 4.78 is 27.6. The maximum absolute atomic E-state index is 14.4. The Morgan fingerprint density at radius 3 is 2.33 bits per heavy atom. The van der Waals surface area contributed by atoms with Crippen LogP contribution < -0.4 is 4.74 Å². The van der Waals surface area contributed by atoms with E-state index in [9.17, 15) is 9.50 Å². The number of ether oxygens (including phenoxy) is 2. The Labute approximate surface area is 195 Å². The molecule has 0 aliphatic carbocycles. The highest BCUT2D eigenvalue weighted by molar-refractivity contribution is 5.65. The number of benzene rings is 2. The first-order valence-electron chi connectivity index (χ1n) is 11.3. The van der Waals surface area contributed by atoms with Crippen LogP contribution in [0.15, 0.2) is 54.6 Å². The molecule has 6 nitrogen and oxygen atoms in total. The van der Waals surface area contributed by atoms with E-state index in [0.717, 1.165) is 16.8 Å². The van der Waals surface area contributed by atoms with Gasteiger partial charge in [-0.25, -0.2) is 9.07 Å². The van der Waals surface area contributed by atoms with Gasteiger partial charge < -0.3 is 14.6 Å². The number of hydrogen-bond acceptors (Lipinski definition) is 5. The number of rotatable bonds is 11. The van der Waals surface area contributed by atoms with Crippen molar-refractivity contribution in [2.24, 2.45) is 7.05 Å². The fourth-order valence-electron chi connectivity index (χ4n) is 3.57. The molecule has 7 heteroatoms. The Kier molecular flexibility index (Phi) is 8.61. The molecule has 33 heavy (non-hydrogen) atoms. The van der Waals surface area contributed by atoms with Gasteiger partial charge >= 0.3 is 0 Å². The molecule has 0 amide bonds. The van der Waals surface area contributed by atoms with Gasteiger partial charge in [0.2, 0.25) is 5.88 Å². The molecule has 1 atom stereocenters. The van der Waals surface area contributed by atoms with Crippen molar-refractivity contribution in [2.75, 3.05) is 13.2 Å². The zero-order valence-electron chi connectivity index (χ0n) is 20.0. The number of halogens is 1. The number of nitrogens with zero attached hydrogens (tertiary/aromatic N) is 3. The molecule has 0 fully saturated rings. The highest BCUT2D eigenvalue weighted by Crippen LogP contribution is 2.35. The summed E-state index contributed by atoms with van der Waals surface area (Å²) in [5, 5.41) is 15.3. The van der Waals surface area contributed by atoms with Crippen LogP contribution in [0.25, 0.3) is 11.3 Å². The molecule has 0 unspecified atom stereocenters. The average molecular weight is 456 g/mol. The van der Waals surface area contributed by atoms with Gasteiger partial charge in [0.1, 0.15) is 5.69 Å². The van der Waals surface area contributed by atoms with Crippen LogP contribution in [-0.4, -0.2) is 51.2 Å². The summed E-state index contributed by atoms with van der Waals surface area (Å²) in [5.74, 6) is 0.174. The van der Waals surface area contributed by atoms with Crippen LogP contribution in [0.2, 0.25) is 0 Å². The molecule has 1 heterocycles. The molecule has 0 spiro atoms. The third kappa shape index (κ3) is 6.63. The van der Waals surface area contributed by atoms with Gasteiger partial charge in [0.25, 0.3) is 0 Å². The number of aliphatic hydroxyl groups is 1. The number of aromatic nitrogens is 2. The molecule has 2 aromatic carbocycles. The smallest absolute Gasteiger partial charge is 0.222 e. The van der Waals surface area contributed by atoms with Gasteiger partial charge in [-0.3, -0.25) is 4.90 Å². The zero-order valence-corrected chi connectivity index (χ0v) is 20.0. The molecule has 0 aliphatic heterocycles. The summed E-state index contributed by atoms with van der Waals surface area (Å²) in [5.41, 5.74) is 2.54. The zero-order chi connectivity index (χ0) is 24.0. The second-order valence-corrected chi connectivity index (χ2v) is 8.71. The Morgan fingerprint density at radius 2 is 1.70 bits per heavy atom. The second-order valence-electron chi connectivity index (χ2n) is 8.71. The van der Waals surface area contributed by atoms with Crippen molar-refractivity contribution >= 4 is 0 Å². The summed E-state index contributed by atoms with van der Waals surface area (Å²) in [7, 11) is 1.79. The maximum Gasteiger partial charge on any atom is 0.222 e. The predicted molar refractivity (Wildman–Crippen MR) is 128 cm³/mol. The van der Waals surface area contributed by atoms with Gasteiger partial charge in [-0.15, -0.1) is 0 Å². The van der Waals surface area contributed by atoms with Crippen molar-refractivity contribution in [1.29, 1.82) is 0 Å². The lowest BCUT2D eigenvalue weighted by Crippen LogP contribution is -2.39. The molecule has 0 saturated carbocycles. The van der Waals surface area contributed by atoms with Crippen molar-refractivity contribution in [3.05, 3.63) is 66.0 Å². The number of para-hydroxylation sites is 1. The third-order valence-electron chi connectivity index (χ3n) is 5.34. The van der Waals surface area contributed by atoms with Crippen molar-refractivity contribution in [3.8, 4) is 22.9 Å². The normalized spacial score (nSPS) is 12.7. The van der Waals surface area contributed by atoms with Crippen LogP contribution in [-0.2, 0) is 18.3 Å². The monoisotopic (exact) mass is 455 g/mol. The molecule has 1 aromatic heterocycles. The number of aryl methyl sites for hydroxylation is 1. The first kappa shape index (κ1) is 24.9. The fourth-order valence-corrected chi connectivity index (χ4v) is 3.57. The lowest BCUT2D eigenvalue weighted by molar-refractivity contribution is -0.0137. The molecule has 3 aromatic rings. The first-order chi connectivity index (χ1) is 15.8. The molecular formula is C26H34FN3O3. The van der Waals surface area contributed by atoms with E-state index in [1.165, 1.54) is 6.07 Å². The van der Waals surface area contributed by atoms with E-state index in [4.69, 9.17) is 14.6 Å². The van der Waals surface area contributed by atoms with Crippen molar-refractivity contribution in [3.63, 3.8) is 0 Å². The minimum Gasteiger partial charge on any atom is -0.436 e. The summed E-state index contributed by atoms with van der Waals surface area (Å²) in [6.07, 6.45) is -0.585. The van der Waals surface area contributed by atoms with Gasteiger partial charge in [-0.1, -0.05) is 42.5 Å². The van der Waals surface area contributed by atoms with Crippen molar-refractivity contribution < 1.29 is 19.0 Å². The van der Waals surface area contributed by atoms with Crippen LogP contribution in [0.5, 0.6) is 11.6 Å². The first-order valence-corrected chi connectivity index (χ1v) is 11.3. The molecule has 3 rings (SSSR count). The fraction of sp³-hybridized carbons (Fsp3) is 0.423. The van der Waals surface area contributed by atoms with E-state index in [1.54, 1.807) is 29.9 Å². The Hall–Kier alpha value is -2.74. The highest BCUT2D eigenvalue weighted by Gasteiger charge is 2.25. The number of hydrogen-bond donors (Lipinski definition) is 1. The van der Waals surface area contributed by atoms with Crippen LogP contribution in [0.3, 0.4) is 0 Å². The minimum atomic E-state index is -0.636. The largest absolute Gasteiger partial charge is 0.436 e. The lowest BCUT2D eigenvalue weighted by atomic mass is 10.1. The molecule has 0 aliphatic rings.